The highest BCUT2D eigenvalue weighted by Crippen LogP contribution is 2.15. The van der Waals surface area contributed by atoms with Gasteiger partial charge in [0.1, 0.15) is 5.75 Å². The predicted octanol–water partition coefficient (Wildman–Crippen LogP) is 3.44. The number of carbonyl (C=O) groups is 2. The first-order chi connectivity index (χ1) is 12.5. The summed E-state index contributed by atoms with van der Waals surface area (Å²) in [5.41, 5.74) is 1.79. The fourth-order valence-electron chi connectivity index (χ4n) is 2.14. The number of halogens is 2. The molecule has 0 unspecified atom stereocenters. The number of hydrogen-bond acceptors (Lipinski definition) is 4. The zero-order chi connectivity index (χ0) is 18.9. The van der Waals surface area contributed by atoms with Gasteiger partial charge in [0.05, 0.1) is 12.7 Å². The Morgan fingerprint density at radius 2 is 1.69 bits per heavy atom. The number of nitrogens with one attached hydrogen (secondary N) is 2. The van der Waals surface area contributed by atoms with Gasteiger partial charge in [0, 0.05) is 12.2 Å². The molecule has 26 heavy (non-hydrogen) atoms. The summed E-state index contributed by atoms with van der Waals surface area (Å²) in [5.74, 6) is -0.365. The predicted molar refractivity (Wildman–Crippen MR) is 91.6 cm³/mol. The van der Waals surface area contributed by atoms with Gasteiger partial charge in [-0.05, 0) is 48.4 Å². The molecular weight excluding hydrogens is 346 g/mol. The van der Waals surface area contributed by atoms with Crippen LogP contribution in [0.4, 0.5) is 19.3 Å². The second-order valence-electron chi connectivity index (χ2n) is 5.22. The lowest BCUT2D eigenvalue weighted by atomic mass is 10.1. The van der Waals surface area contributed by atoms with Crippen molar-refractivity contribution < 1.29 is 27.8 Å². The Bertz CT molecular complexity index is 734. The fraction of sp³-hybridized carbons (Fsp3) is 0.222. The number of rotatable bonds is 7. The van der Waals surface area contributed by atoms with Crippen molar-refractivity contribution in [2.75, 3.05) is 19.0 Å². The summed E-state index contributed by atoms with van der Waals surface area (Å²) in [5, 5.41) is 5.32. The third-order valence-electron chi connectivity index (χ3n) is 3.41. The molecule has 2 aromatic carbocycles. The van der Waals surface area contributed by atoms with E-state index in [2.05, 4.69) is 20.1 Å². The molecule has 0 spiro atoms. The molecule has 0 heterocycles. The summed E-state index contributed by atoms with van der Waals surface area (Å²) in [7, 11) is 1.29. The first-order valence-corrected chi connectivity index (χ1v) is 7.75. The van der Waals surface area contributed by atoms with Crippen LogP contribution in [-0.2, 0) is 11.2 Å². The van der Waals surface area contributed by atoms with Gasteiger partial charge >= 0.3 is 18.6 Å². The van der Waals surface area contributed by atoms with Crippen molar-refractivity contribution in [2.24, 2.45) is 0 Å². The molecule has 0 aromatic heterocycles. The molecular formula is C18H18F2N2O4. The first-order valence-electron chi connectivity index (χ1n) is 7.75. The number of amides is 2. The van der Waals surface area contributed by atoms with Gasteiger partial charge in [0.15, 0.2) is 0 Å². The quantitative estimate of drug-likeness (QED) is 0.738. The van der Waals surface area contributed by atoms with Crippen LogP contribution < -0.4 is 15.4 Å². The summed E-state index contributed by atoms with van der Waals surface area (Å²) in [4.78, 5) is 23.2. The number of benzene rings is 2. The normalized spacial score (nSPS) is 10.3. The Morgan fingerprint density at radius 1 is 1.04 bits per heavy atom. The third-order valence-corrected chi connectivity index (χ3v) is 3.41. The highest BCUT2D eigenvalue weighted by molar-refractivity contribution is 5.92. The molecule has 6 nitrogen and oxygen atoms in total. The highest BCUT2D eigenvalue weighted by atomic mass is 19.3. The minimum absolute atomic E-state index is 0.0878. The van der Waals surface area contributed by atoms with Crippen LogP contribution in [0.1, 0.15) is 15.9 Å². The minimum Gasteiger partial charge on any atom is -0.465 e. The van der Waals surface area contributed by atoms with Crippen LogP contribution in [0.3, 0.4) is 0 Å². The van der Waals surface area contributed by atoms with E-state index in [4.69, 9.17) is 0 Å². The number of urea groups is 1. The standard InChI is InChI=1S/C18H18F2N2O4/c1-25-16(23)13-4-6-14(7-5-13)22-18(24)21-11-10-12-2-8-15(9-3-12)26-17(19)20/h2-9,17H,10-11H2,1H3,(H2,21,22,24). The monoisotopic (exact) mass is 364 g/mol. The summed E-state index contributed by atoms with van der Waals surface area (Å²) >= 11 is 0. The molecule has 0 radical (unpaired) electrons. The summed E-state index contributed by atoms with van der Waals surface area (Å²) < 4.78 is 33.0. The lowest BCUT2D eigenvalue weighted by molar-refractivity contribution is -0.0498. The first kappa shape index (κ1) is 19.2. The van der Waals surface area contributed by atoms with E-state index >= 15 is 0 Å². The summed E-state index contributed by atoms with van der Waals surface area (Å²) in [6.07, 6.45) is 0.531. The van der Waals surface area contributed by atoms with Gasteiger partial charge < -0.3 is 20.1 Å². The minimum atomic E-state index is -2.85. The lowest BCUT2D eigenvalue weighted by Crippen LogP contribution is -2.30. The number of carbonyl (C=O) groups excluding carboxylic acids is 2. The molecule has 0 saturated carbocycles. The molecule has 2 N–H and O–H groups in total. The average Bonchev–Trinajstić information content (AvgIpc) is 2.62. The molecule has 0 aliphatic carbocycles. The van der Waals surface area contributed by atoms with Crippen LogP contribution in [0.15, 0.2) is 48.5 Å². The van der Waals surface area contributed by atoms with Gasteiger partial charge in [-0.25, -0.2) is 9.59 Å². The number of methoxy groups -OCH3 is 1. The van der Waals surface area contributed by atoms with Gasteiger partial charge in [-0.1, -0.05) is 12.1 Å². The van der Waals surface area contributed by atoms with E-state index < -0.39 is 18.6 Å². The van der Waals surface area contributed by atoms with E-state index in [1.165, 1.54) is 19.2 Å². The van der Waals surface area contributed by atoms with Gasteiger partial charge in [0.25, 0.3) is 0 Å². The number of ether oxygens (including phenoxy) is 2. The molecule has 0 aliphatic heterocycles. The molecule has 2 rings (SSSR count). The molecule has 138 valence electrons. The SMILES string of the molecule is COC(=O)c1ccc(NC(=O)NCCc2ccc(OC(F)F)cc2)cc1. The molecule has 2 aromatic rings. The highest BCUT2D eigenvalue weighted by Gasteiger charge is 2.07. The molecule has 2 amide bonds. The molecule has 0 saturated heterocycles. The topological polar surface area (TPSA) is 76.7 Å². The maximum absolute atomic E-state index is 12.1. The Kier molecular flexibility index (Phi) is 6.90. The number of esters is 1. The molecule has 0 atom stereocenters. The second kappa shape index (κ2) is 9.36. The Hall–Kier alpha value is -3.16. The van der Waals surface area contributed by atoms with Crippen LogP contribution in [0, 0.1) is 0 Å². The van der Waals surface area contributed by atoms with E-state index in [1.807, 2.05) is 0 Å². The van der Waals surface area contributed by atoms with Crippen molar-refractivity contribution >= 4 is 17.7 Å². The van der Waals surface area contributed by atoms with Gasteiger partial charge in [-0.15, -0.1) is 0 Å². The number of alkyl halides is 2. The van der Waals surface area contributed by atoms with Gasteiger partial charge in [-0.2, -0.15) is 8.78 Å². The lowest BCUT2D eigenvalue weighted by Gasteiger charge is -2.09. The van der Waals surface area contributed by atoms with Crippen molar-refractivity contribution in [3.05, 3.63) is 59.7 Å². The smallest absolute Gasteiger partial charge is 0.387 e. The fourth-order valence-corrected chi connectivity index (χ4v) is 2.14. The third kappa shape index (κ3) is 6.04. The largest absolute Gasteiger partial charge is 0.465 e. The molecule has 0 aliphatic rings. The van der Waals surface area contributed by atoms with Gasteiger partial charge in [0.2, 0.25) is 0 Å². The maximum atomic E-state index is 12.1. The van der Waals surface area contributed by atoms with Crippen molar-refractivity contribution in [1.82, 2.24) is 5.32 Å². The van der Waals surface area contributed by atoms with E-state index in [0.29, 0.717) is 24.2 Å². The average molecular weight is 364 g/mol. The molecule has 0 bridgehead atoms. The van der Waals surface area contributed by atoms with Crippen molar-refractivity contribution in [3.8, 4) is 5.75 Å². The van der Waals surface area contributed by atoms with Crippen molar-refractivity contribution in [2.45, 2.75) is 13.0 Å². The van der Waals surface area contributed by atoms with E-state index in [0.717, 1.165) is 5.56 Å². The zero-order valence-corrected chi connectivity index (χ0v) is 14.0. The molecule has 8 heteroatoms. The van der Waals surface area contributed by atoms with E-state index in [9.17, 15) is 18.4 Å². The maximum Gasteiger partial charge on any atom is 0.387 e. The zero-order valence-electron chi connectivity index (χ0n) is 14.0. The van der Waals surface area contributed by atoms with Crippen LogP contribution in [0.5, 0.6) is 5.75 Å². The van der Waals surface area contributed by atoms with Crippen LogP contribution in [-0.4, -0.2) is 32.3 Å². The Labute approximate surface area is 149 Å². The van der Waals surface area contributed by atoms with Crippen molar-refractivity contribution in [3.63, 3.8) is 0 Å². The van der Waals surface area contributed by atoms with Crippen molar-refractivity contribution in [1.29, 1.82) is 0 Å². The van der Waals surface area contributed by atoms with Crippen LogP contribution in [0.25, 0.3) is 0 Å². The van der Waals surface area contributed by atoms with Crippen LogP contribution >= 0.6 is 0 Å². The second-order valence-corrected chi connectivity index (χ2v) is 5.22. The van der Waals surface area contributed by atoms with E-state index in [-0.39, 0.29) is 5.75 Å². The Morgan fingerprint density at radius 3 is 2.27 bits per heavy atom. The van der Waals surface area contributed by atoms with Crippen LogP contribution in [0.2, 0.25) is 0 Å². The summed E-state index contributed by atoms with van der Waals surface area (Å²) in [6.45, 7) is -2.49. The Balaban J connectivity index is 1.75. The number of anilines is 1. The number of hydrogen-bond donors (Lipinski definition) is 2. The molecule has 0 fully saturated rings. The van der Waals surface area contributed by atoms with E-state index in [1.54, 1.807) is 36.4 Å². The summed E-state index contributed by atoms with van der Waals surface area (Å²) in [6, 6.07) is 12.1. The van der Waals surface area contributed by atoms with Gasteiger partial charge in [-0.3, -0.25) is 0 Å².